The molecule has 0 N–H and O–H groups in total. The first-order valence-corrected chi connectivity index (χ1v) is 4.70. The minimum atomic E-state index is 0.816. The Hall–Kier alpha value is -0.850. The third-order valence-electron chi connectivity index (χ3n) is 2.94. The Morgan fingerprint density at radius 1 is 1.33 bits per heavy atom. The second-order valence-electron chi connectivity index (χ2n) is 3.80. The predicted molar refractivity (Wildman–Crippen MR) is 50.3 cm³/mol. The number of hydrogen-bond acceptors (Lipinski definition) is 1. The van der Waals surface area contributed by atoms with Gasteiger partial charge in [0.05, 0.1) is 0 Å². The molecule has 0 radical (unpaired) electrons. The van der Waals surface area contributed by atoms with Gasteiger partial charge in [-0.05, 0) is 43.7 Å². The monoisotopic (exact) mass is 161 g/mol. The summed E-state index contributed by atoms with van der Waals surface area (Å²) in [6.45, 7) is 4.21. The van der Waals surface area contributed by atoms with Crippen LogP contribution in [0.15, 0.2) is 12.3 Å². The fraction of sp³-hybridized carbons (Fsp3) is 0.545. The molecule has 0 bridgehead atoms. The standard InChI is InChI=1S/C11H15N/c1-8-6-11(7-12-9(8)2)10-4-3-5-10/h6-7,10H,3-5H2,1-2H3. The zero-order chi connectivity index (χ0) is 8.55. The van der Waals surface area contributed by atoms with Gasteiger partial charge in [-0.2, -0.15) is 0 Å². The quantitative estimate of drug-likeness (QED) is 0.617. The van der Waals surface area contributed by atoms with Gasteiger partial charge >= 0.3 is 0 Å². The van der Waals surface area contributed by atoms with Crippen molar-refractivity contribution >= 4 is 0 Å². The van der Waals surface area contributed by atoms with Crippen LogP contribution in [-0.2, 0) is 0 Å². The van der Waals surface area contributed by atoms with Gasteiger partial charge in [-0.15, -0.1) is 0 Å². The van der Waals surface area contributed by atoms with E-state index >= 15 is 0 Å². The molecule has 1 aliphatic carbocycles. The average Bonchev–Trinajstić information content (AvgIpc) is 1.93. The first-order valence-electron chi connectivity index (χ1n) is 4.70. The maximum atomic E-state index is 4.38. The fourth-order valence-electron chi connectivity index (χ4n) is 1.63. The Morgan fingerprint density at radius 3 is 2.58 bits per heavy atom. The number of aryl methyl sites for hydroxylation is 2. The summed E-state index contributed by atoms with van der Waals surface area (Å²) < 4.78 is 0. The van der Waals surface area contributed by atoms with Gasteiger partial charge in [-0.25, -0.2) is 0 Å². The van der Waals surface area contributed by atoms with Gasteiger partial charge in [0.2, 0.25) is 0 Å². The highest BCUT2D eigenvalue weighted by Crippen LogP contribution is 2.36. The lowest BCUT2D eigenvalue weighted by Crippen LogP contribution is -2.09. The first kappa shape index (κ1) is 7.78. The van der Waals surface area contributed by atoms with E-state index in [-0.39, 0.29) is 0 Å². The van der Waals surface area contributed by atoms with E-state index in [0.29, 0.717) is 0 Å². The summed E-state index contributed by atoms with van der Waals surface area (Å²) in [4.78, 5) is 4.38. The van der Waals surface area contributed by atoms with Crippen molar-refractivity contribution in [3.63, 3.8) is 0 Å². The highest BCUT2D eigenvalue weighted by atomic mass is 14.7. The lowest BCUT2D eigenvalue weighted by Gasteiger charge is -2.25. The highest BCUT2D eigenvalue weighted by Gasteiger charge is 2.19. The Kier molecular flexibility index (Phi) is 1.87. The Balaban J connectivity index is 2.27. The van der Waals surface area contributed by atoms with Crippen molar-refractivity contribution in [2.24, 2.45) is 0 Å². The van der Waals surface area contributed by atoms with Crippen molar-refractivity contribution < 1.29 is 0 Å². The molecule has 0 amide bonds. The van der Waals surface area contributed by atoms with E-state index in [2.05, 4.69) is 24.9 Å². The largest absolute Gasteiger partial charge is 0.261 e. The van der Waals surface area contributed by atoms with Crippen LogP contribution in [-0.4, -0.2) is 4.98 Å². The zero-order valence-corrected chi connectivity index (χ0v) is 7.80. The van der Waals surface area contributed by atoms with Crippen LogP contribution in [0.4, 0.5) is 0 Å². The van der Waals surface area contributed by atoms with E-state index < -0.39 is 0 Å². The molecule has 2 rings (SSSR count). The lowest BCUT2D eigenvalue weighted by molar-refractivity contribution is 0.418. The minimum absolute atomic E-state index is 0.816. The number of nitrogens with zero attached hydrogens (tertiary/aromatic N) is 1. The molecule has 0 aromatic carbocycles. The van der Waals surface area contributed by atoms with Crippen LogP contribution in [0.1, 0.15) is 42.0 Å². The molecule has 1 heteroatoms. The number of rotatable bonds is 1. The predicted octanol–water partition coefficient (Wildman–Crippen LogP) is 2.97. The first-order chi connectivity index (χ1) is 5.77. The van der Waals surface area contributed by atoms with E-state index in [0.717, 1.165) is 11.6 Å². The van der Waals surface area contributed by atoms with Crippen molar-refractivity contribution in [2.45, 2.75) is 39.0 Å². The summed E-state index contributed by atoms with van der Waals surface area (Å²) in [6.07, 6.45) is 6.18. The summed E-state index contributed by atoms with van der Waals surface area (Å²) in [5.74, 6) is 0.816. The van der Waals surface area contributed by atoms with Crippen molar-refractivity contribution in [1.29, 1.82) is 0 Å². The van der Waals surface area contributed by atoms with Gasteiger partial charge < -0.3 is 0 Å². The molecular weight excluding hydrogens is 146 g/mol. The van der Waals surface area contributed by atoms with Gasteiger partial charge in [-0.1, -0.05) is 12.5 Å². The molecule has 0 saturated heterocycles. The normalized spacial score (nSPS) is 17.5. The SMILES string of the molecule is Cc1cc(C2CCC2)cnc1C. The van der Waals surface area contributed by atoms with E-state index in [4.69, 9.17) is 0 Å². The third kappa shape index (κ3) is 1.24. The van der Waals surface area contributed by atoms with E-state index in [9.17, 15) is 0 Å². The summed E-state index contributed by atoms with van der Waals surface area (Å²) in [7, 11) is 0. The van der Waals surface area contributed by atoms with Gasteiger partial charge in [0.1, 0.15) is 0 Å². The van der Waals surface area contributed by atoms with Crippen molar-refractivity contribution in [3.8, 4) is 0 Å². The van der Waals surface area contributed by atoms with Gasteiger partial charge in [-0.3, -0.25) is 4.98 Å². The summed E-state index contributed by atoms with van der Waals surface area (Å²) >= 11 is 0. The van der Waals surface area contributed by atoms with Crippen LogP contribution in [0.2, 0.25) is 0 Å². The molecule has 1 fully saturated rings. The Labute approximate surface area is 73.8 Å². The van der Waals surface area contributed by atoms with Crippen LogP contribution < -0.4 is 0 Å². The average molecular weight is 161 g/mol. The van der Waals surface area contributed by atoms with Gasteiger partial charge in [0.25, 0.3) is 0 Å². The van der Waals surface area contributed by atoms with Gasteiger partial charge in [0.15, 0.2) is 0 Å². The summed E-state index contributed by atoms with van der Waals surface area (Å²) in [5, 5.41) is 0. The van der Waals surface area contributed by atoms with E-state index in [1.165, 1.54) is 30.4 Å². The Bertz CT molecular complexity index is 287. The maximum absolute atomic E-state index is 4.38. The third-order valence-corrected chi connectivity index (χ3v) is 2.94. The molecule has 1 aromatic rings. The molecule has 0 spiro atoms. The van der Waals surface area contributed by atoms with Gasteiger partial charge in [0, 0.05) is 11.9 Å². The molecular formula is C11H15N. The minimum Gasteiger partial charge on any atom is -0.261 e. The number of aromatic nitrogens is 1. The molecule has 1 heterocycles. The molecule has 0 unspecified atom stereocenters. The van der Waals surface area contributed by atoms with Crippen molar-refractivity contribution in [1.82, 2.24) is 4.98 Å². The molecule has 1 aromatic heterocycles. The van der Waals surface area contributed by atoms with Crippen molar-refractivity contribution in [2.75, 3.05) is 0 Å². The van der Waals surface area contributed by atoms with Crippen LogP contribution >= 0.6 is 0 Å². The summed E-state index contributed by atoms with van der Waals surface area (Å²) in [5.41, 5.74) is 3.95. The second-order valence-corrected chi connectivity index (χ2v) is 3.80. The van der Waals surface area contributed by atoms with Crippen molar-refractivity contribution in [3.05, 3.63) is 29.1 Å². The second kappa shape index (κ2) is 2.89. The van der Waals surface area contributed by atoms with Crippen LogP contribution in [0.25, 0.3) is 0 Å². The number of hydrogen-bond donors (Lipinski definition) is 0. The molecule has 1 nitrogen and oxygen atoms in total. The number of pyridine rings is 1. The molecule has 1 saturated carbocycles. The van der Waals surface area contributed by atoms with Crippen LogP contribution in [0.3, 0.4) is 0 Å². The maximum Gasteiger partial charge on any atom is 0.0401 e. The van der Waals surface area contributed by atoms with Crippen LogP contribution in [0.5, 0.6) is 0 Å². The molecule has 0 atom stereocenters. The fourth-order valence-corrected chi connectivity index (χ4v) is 1.63. The molecule has 12 heavy (non-hydrogen) atoms. The zero-order valence-electron chi connectivity index (χ0n) is 7.80. The van der Waals surface area contributed by atoms with E-state index in [1.54, 1.807) is 0 Å². The Morgan fingerprint density at radius 2 is 2.08 bits per heavy atom. The van der Waals surface area contributed by atoms with Crippen LogP contribution in [0, 0.1) is 13.8 Å². The lowest BCUT2D eigenvalue weighted by atomic mass is 9.80. The molecule has 1 aliphatic rings. The summed E-state index contributed by atoms with van der Waals surface area (Å²) in [6, 6.07) is 2.30. The van der Waals surface area contributed by atoms with E-state index in [1.807, 2.05) is 6.20 Å². The smallest absolute Gasteiger partial charge is 0.0401 e. The topological polar surface area (TPSA) is 12.9 Å². The highest BCUT2D eigenvalue weighted by molar-refractivity contribution is 5.26. The molecule has 0 aliphatic heterocycles. The molecule has 64 valence electrons.